The summed E-state index contributed by atoms with van der Waals surface area (Å²) >= 11 is 0. The number of phenols is 1. The zero-order valence-corrected chi connectivity index (χ0v) is 53.7. The Bertz CT molecular complexity index is 4880. The highest BCUT2D eigenvalue weighted by Crippen LogP contribution is 2.56. The predicted molar refractivity (Wildman–Crippen MR) is 383 cm³/mol. The van der Waals surface area contributed by atoms with Crippen LogP contribution < -0.4 is 9.80 Å². The van der Waals surface area contributed by atoms with Gasteiger partial charge in [0.25, 0.3) is 0 Å². The van der Waals surface area contributed by atoms with Crippen molar-refractivity contribution in [1.82, 2.24) is 0 Å². The largest absolute Gasteiger partial charge is 0.505 e. The lowest BCUT2D eigenvalue weighted by atomic mass is 9.82. The smallest absolute Gasteiger partial charge is 0.159 e. The lowest BCUT2D eigenvalue weighted by Crippen LogP contribution is -2.16. The first-order chi connectivity index (χ1) is 43.7. The van der Waals surface area contributed by atoms with Gasteiger partial charge in [0.05, 0.1) is 22.7 Å². The second-order valence-corrected chi connectivity index (χ2v) is 28.0. The molecule has 0 atom stereocenters. The van der Waals surface area contributed by atoms with Crippen LogP contribution in [0.1, 0.15) is 152 Å². The standard InChI is InChI=1S/C86H82N2O2/c1-9-54-25-15-17-37-64(54)58-31-19-32-59(49-58)66-39-23-43-76(82(66)89)87(62-35-20-33-60(50-62)85(3,4)5)78-52-74(56-27-11-12-28-56)67-46-48-73-79(53-75(57-29-13-14-30-57)68-45-47-72(78)80(67)81(68)73)88(63-36-21-34-61(51-63)86(6,7)8)77-44-24-42-71-70-41-22-40-69(83(70)90-84(71)77)65-38-18-16-26-55(65)10-2/h15-26,31-53,56-57,89H,9-14,27-30H2,1-8H3. The Balaban J connectivity index is 1.03. The number of aryl methyl sites for hydroxylation is 2. The van der Waals surface area contributed by atoms with E-state index in [1.807, 2.05) is 0 Å². The number of fused-ring (bicyclic) bond motifs is 3. The van der Waals surface area contributed by atoms with Crippen LogP contribution in [0, 0.1) is 0 Å². The molecule has 4 heteroatoms. The van der Waals surface area contributed by atoms with Gasteiger partial charge in [0, 0.05) is 44.0 Å². The molecule has 2 aliphatic carbocycles. The van der Waals surface area contributed by atoms with Gasteiger partial charge in [-0.3, -0.25) is 0 Å². The van der Waals surface area contributed by atoms with Gasteiger partial charge in [0.15, 0.2) is 5.58 Å². The lowest BCUT2D eigenvalue weighted by molar-refractivity contribution is 0.478. The highest BCUT2D eigenvalue weighted by Gasteiger charge is 2.33. The third kappa shape index (κ3) is 9.81. The number of hydrogen-bond acceptors (Lipinski definition) is 4. The molecule has 0 spiro atoms. The first-order valence-corrected chi connectivity index (χ1v) is 33.4. The Kier molecular flexibility index (Phi) is 14.5. The van der Waals surface area contributed by atoms with E-state index < -0.39 is 0 Å². The minimum Gasteiger partial charge on any atom is -0.505 e. The fourth-order valence-electron chi connectivity index (χ4n) is 15.8. The molecule has 2 fully saturated rings. The molecule has 0 aliphatic heterocycles. The minimum atomic E-state index is -0.126. The fourth-order valence-corrected chi connectivity index (χ4v) is 15.8. The van der Waals surface area contributed by atoms with E-state index in [9.17, 15) is 5.11 Å². The van der Waals surface area contributed by atoms with Gasteiger partial charge in [-0.25, -0.2) is 0 Å². The van der Waals surface area contributed by atoms with Crippen LogP contribution in [0.5, 0.6) is 5.75 Å². The van der Waals surface area contributed by atoms with Crippen LogP contribution in [0.25, 0.3) is 87.6 Å². The maximum Gasteiger partial charge on any atom is 0.159 e. The second-order valence-electron chi connectivity index (χ2n) is 28.0. The summed E-state index contributed by atoms with van der Waals surface area (Å²) in [6.45, 7) is 18.3. The van der Waals surface area contributed by atoms with Crippen LogP contribution in [0.15, 0.2) is 217 Å². The molecule has 0 bridgehead atoms. The second kappa shape index (κ2) is 22.7. The summed E-state index contributed by atoms with van der Waals surface area (Å²) in [5, 5.41) is 23.2. The summed E-state index contributed by atoms with van der Waals surface area (Å²) in [5.41, 5.74) is 22.1. The van der Waals surface area contributed by atoms with Crippen LogP contribution in [0.4, 0.5) is 34.1 Å². The summed E-state index contributed by atoms with van der Waals surface area (Å²) < 4.78 is 7.49. The molecule has 1 heterocycles. The minimum absolute atomic E-state index is 0.101. The van der Waals surface area contributed by atoms with Gasteiger partial charge in [-0.2, -0.15) is 0 Å². The van der Waals surface area contributed by atoms with Crippen molar-refractivity contribution in [3.8, 4) is 39.1 Å². The van der Waals surface area contributed by atoms with Gasteiger partial charge in [-0.05, 0) is 193 Å². The van der Waals surface area contributed by atoms with Crippen LogP contribution in [-0.2, 0) is 23.7 Å². The van der Waals surface area contributed by atoms with Crippen molar-refractivity contribution >= 4 is 88.4 Å². The normalized spacial score (nSPS) is 14.4. The SMILES string of the molecule is CCc1ccccc1-c1cccc(-c2cccc(N(c3cccc(C(C)(C)C)c3)c3cc(C4CCCC4)c4ccc5c(N(c6cccc(C(C)(C)C)c6)c6cccc7c6oc6c(-c8ccccc8CC)cccc67)cc(C6CCCC6)c6ccc3c4c65)c2O)c1. The van der Waals surface area contributed by atoms with E-state index in [1.165, 1.54) is 103 Å². The molecule has 0 amide bonds. The average molecular weight is 1180 g/mol. The lowest BCUT2D eigenvalue weighted by Gasteiger charge is -2.33. The predicted octanol–water partition coefficient (Wildman–Crippen LogP) is 25.2. The molecule has 13 aromatic rings. The number of aromatic hydroxyl groups is 1. The van der Waals surface area contributed by atoms with Crippen LogP contribution in [0.2, 0.25) is 0 Å². The van der Waals surface area contributed by atoms with Crippen molar-refractivity contribution in [2.75, 3.05) is 9.80 Å². The number of anilines is 6. The summed E-state index contributed by atoms with van der Waals surface area (Å²) in [4.78, 5) is 4.97. The number of para-hydroxylation sites is 3. The Morgan fingerprint density at radius 2 is 0.811 bits per heavy atom. The van der Waals surface area contributed by atoms with Crippen molar-refractivity contribution in [3.05, 3.63) is 246 Å². The third-order valence-electron chi connectivity index (χ3n) is 20.5. The maximum atomic E-state index is 13.4. The highest BCUT2D eigenvalue weighted by atomic mass is 16.3. The summed E-state index contributed by atoms with van der Waals surface area (Å²) in [7, 11) is 0. The van der Waals surface area contributed by atoms with Crippen molar-refractivity contribution in [2.24, 2.45) is 0 Å². The van der Waals surface area contributed by atoms with Gasteiger partial charge in [-0.1, -0.05) is 239 Å². The Morgan fingerprint density at radius 1 is 0.378 bits per heavy atom. The molecule has 90 heavy (non-hydrogen) atoms. The van der Waals surface area contributed by atoms with Crippen molar-refractivity contribution < 1.29 is 9.52 Å². The van der Waals surface area contributed by atoms with E-state index in [1.54, 1.807) is 0 Å². The van der Waals surface area contributed by atoms with E-state index in [4.69, 9.17) is 4.42 Å². The van der Waals surface area contributed by atoms with Gasteiger partial charge in [0.1, 0.15) is 11.3 Å². The molecule has 0 unspecified atom stereocenters. The first-order valence-electron chi connectivity index (χ1n) is 33.4. The fraction of sp³-hybridized carbons (Fsp3) is 0.256. The molecule has 0 radical (unpaired) electrons. The van der Waals surface area contributed by atoms with Crippen LogP contribution >= 0.6 is 0 Å². The number of phenolic OH excluding ortho intramolecular Hbond substituents is 1. The van der Waals surface area contributed by atoms with Gasteiger partial charge >= 0.3 is 0 Å². The molecule has 4 nitrogen and oxygen atoms in total. The Hall–Kier alpha value is -9.12. The molecule has 1 aromatic heterocycles. The molecule has 448 valence electrons. The van der Waals surface area contributed by atoms with E-state index in [2.05, 4.69) is 278 Å². The number of benzene rings is 12. The molecule has 2 saturated carbocycles. The number of rotatable bonds is 13. The first kappa shape index (κ1) is 57.3. The molecule has 0 saturated heterocycles. The van der Waals surface area contributed by atoms with Crippen LogP contribution in [-0.4, -0.2) is 5.11 Å². The number of hydrogen-bond donors (Lipinski definition) is 1. The molecule has 2 aliphatic rings. The van der Waals surface area contributed by atoms with E-state index >= 15 is 0 Å². The van der Waals surface area contributed by atoms with Crippen molar-refractivity contribution in [3.63, 3.8) is 0 Å². The summed E-state index contributed by atoms with van der Waals surface area (Å²) in [5.74, 6) is 1.04. The van der Waals surface area contributed by atoms with Crippen molar-refractivity contribution in [2.45, 2.75) is 142 Å². The maximum absolute atomic E-state index is 13.4. The topological polar surface area (TPSA) is 39.9 Å². The molecule has 1 N–H and O–H groups in total. The van der Waals surface area contributed by atoms with Gasteiger partial charge < -0.3 is 19.3 Å². The van der Waals surface area contributed by atoms with E-state index in [0.29, 0.717) is 11.8 Å². The molecular weight excluding hydrogens is 1090 g/mol. The number of furan rings is 1. The van der Waals surface area contributed by atoms with Crippen molar-refractivity contribution in [1.29, 1.82) is 0 Å². The summed E-state index contributed by atoms with van der Waals surface area (Å²) in [6, 6.07) is 79.5. The number of nitrogens with zero attached hydrogens (tertiary/aromatic N) is 2. The van der Waals surface area contributed by atoms with E-state index in [-0.39, 0.29) is 16.6 Å². The zero-order chi connectivity index (χ0) is 61.6. The monoisotopic (exact) mass is 1170 g/mol. The third-order valence-corrected chi connectivity index (χ3v) is 20.5. The quantitative estimate of drug-likeness (QED) is 0.117. The summed E-state index contributed by atoms with van der Waals surface area (Å²) in [6.07, 6.45) is 11.3. The molecule has 15 rings (SSSR count). The average Bonchev–Trinajstić information content (AvgIpc) is 0.855. The van der Waals surface area contributed by atoms with E-state index in [0.717, 1.165) is 117 Å². The highest BCUT2D eigenvalue weighted by molar-refractivity contribution is 6.30. The Labute approximate surface area is 531 Å². The molecule has 12 aromatic carbocycles. The zero-order valence-electron chi connectivity index (χ0n) is 53.7. The van der Waals surface area contributed by atoms with Gasteiger partial charge in [0.2, 0.25) is 0 Å². The Morgan fingerprint density at radius 3 is 1.38 bits per heavy atom. The van der Waals surface area contributed by atoms with Gasteiger partial charge in [-0.15, -0.1) is 0 Å². The molecular formula is C86H82N2O2. The van der Waals surface area contributed by atoms with Crippen LogP contribution in [0.3, 0.4) is 0 Å².